The number of nitrogens with zero attached hydrogens (tertiary/aromatic N) is 3. The fourth-order valence-electron chi connectivity index (χ4n) is 3.18. The van der Waals surface area contributed by atoms with Crippen LogP contribution in [0.2, 0.25) is 0 Å². The number of aromatic nitrogens is 2. The first-order valence-corrected chi connectivity index (χ1v) is 9.28. The molecule has 1 aliphatic heterocycles. The van der Waals surface area contributed by atoms with E-state index in [4.69, 9.17) is 0 Å². The zero-order valence-corrected chi connectivity index (χ0v) is 15.1. The number of hydrogen-bond acceptors (Lipinski definition) is 4. The Kier molecular flexibility index (Phi) is 6.15. The Morgan fingerprint density at radius 3 is 2.65 bits per heavy atom. The van der Waals surface area contributed by atoms with Gasteiger partial charge in [0, 0.05) is 37.6 Å². The molecule has 1 atom stereocenters. The van der Waals surface area contributed by atoms with Crippen LogP contribution < -0.4 is 10.2 Å². The van der Waals surface area contributed by atoms with Gasteiger partial charge in [-0.05, 0) is 37.0 Å². The molecule has 1 saturated heterocycles. The molecule has 0 aliphatic carbocycles. The molecule has 0 saturated carbocycles. The fraction of sp³-hybridized carbons (Fsp3) is 0.450. The van der Waals surface area contributed by atoms with E-state index in [-0.39, 0.29) is 17.6 Å². The smallest absolute Gasteiger partial charge is 0.225 e. The molecular weight excluding hydrogens is 331 g/mol. The number of amides is 1. The number of unbranched alkanes of at least 4 members (excludes halogenated alkanes) is 1. The molecular formula is C20H25FN4O. The molecule has 1 N–H and O–H groups in total. The van der Waals surface area contributed by atoms with Crippen LogP contribution in [0.3, 0.4) is 0 Å². The molecule has 0 radical (unpaired) electrons. The maximum absolute atomic E-state index is 13.0. The molecule has 1 fully saturated rings. The second kappa shape index (κ2) is 8.74. The molecule has 6 heteroatoms. The van der Waals surface area contributed by atoms with Crippen LogP contribution in [-0.4, -0.2) is 35.5 Å². The Morgan fingerprint density at radius 2 is 1.96 bits per heavy atom. The number of anilines is 1. The van der Waals surface area contributed by atoms with Gasteiger partial charge in [-0.1, -0.05) is 25.5 Å². The van der Waals surface area contributed by atoms with Crippen molar-refractivity contribution in [1.82, 2.24) is 15.3 Å². The van der Waals surface area contributed by atoms with Crippen LogP contribution in [0, 0.1) is 11.7 Å². The molecule has 1 amide bonds. The minimum absolute atomic E-state index is 0.0130. The van der Waals surface area contributed by atoms with Gasteiger partial charge in [-0.2, -0.15) is 0 Å². The van der Waals surface area contributed by atoms with Crippen LogP contribution in [0.5, 0.6) is 0 Å². The second-order valence-electron chi connectivity index (χ2n) is 6.71. The van der Waals surface area contributed by atoms with E-state index in [2.05, 4.69) is 27.1 Å². The summed E-state index contributed by atoms with van der Waals surface area (Å²) in [6, 6.07) is 6.28. The monoisotopic (exact) mass is 356 g/mol. The Hall–Kier alpha value is -2.50. The lowest BCUT2D eigenvalue weighted by Gasteiger charge is -2.32. The van der Waals surface area contributed by atoms with E-state index in [1.807, 2.05) is 0 Å². The topological polar surface area (TPSA) is 58.1 Å². The van der Waals surface area contributed by atoms with Gasteiger partial charge in [0.2, 0.25) is 11.9 Å². The predicted octanol–water partition coefficient (Wildman–Crippen LogP) is 3.42. The highest BCUT2D eigenvalue weighted by molar-refractivity contribution is 5.79. The van der Waals surface area contributed by atoms with Crippen LogP contribution in [0.15, 0.2) is 36.7 Å². The number of nitrogens with one attached hydrogen (secondary N) is 1. The largest absolute Gasteiger partial charge is 0.356 e. The van der Waals surface area contributed by atoms with Crippen LogP contribution in [0.25, 0.3) is 11.1 Å². The van der Waals surface area contributed by atoms with Gasteiger partial charge in [0.15, 0.2) is 0 Å². The highest BCUT2D eigenvalue weighted by Crippen LogP contribution is 2.23. The summed E-state index contributed by atoms with van der Waals surface area (Å²) >= 11 is 0. The van der Waals surface area contributed by atoms with Gasteiger partial charge in [0.1, 0.15) is 5.82 Å². The van der Waals surface area contributed by atoms with Crippen molar-refractivity contribution >= 4 is 11.9 Å². The standard InChI is InChI=1S/C20H25FN4O/c1-2-3-10-22-19(26)16-5-4-11-25(14-16)20-23-12-17(13-24-20)15-6-8-18(21)9-7-15/h6-9,12-13,16H,2-5,10-11,14H2,1H3,(H,22,26)/t16-/m1/s1. The molecule has 26 heavy (non-hydrogen) atoms. The molecule has 3 rings (SSSR count). The number of hydrogen-bond donors (Lipinski definition) is 1. The summed E-state index contributed by atoms with van der Waals surface area (Å²) in [7, 11) is 0. The maximum Gasteiger partial charge on any atom is 0.225 e. The zero-order chi connectivity index (χ0) is 18.4. The van der Waals surface area contributed by atoms with E-state index in [9.17, 15) is 9.18 Å². The molecule has 0 unspecified atom stereocenters. The summed E-state index contributed by atoms with van der Waals surface area (Å²) in [6.07, 6.45) is 7.44. The van der Waals surface area contributed by atoms with Crippen molar-refractivity contribution in [1.29, 1.82) is 0 Å². The van der Waals surface area contributed by atoms with Crippen LogP contribution >= 0.6 is 0 Å². The normalized spacial score (nSPS) is 17.2. The predicted molar refractivity (Wildman–Crippen MR) is 100 cm³/mol. The first-order chi connectivity index (χ1) is 12.7. The summed E-state index contributed by atoms with van der Waals surface area (Å²) < 4.78 is 13.0. The van der Waals surface area contributed by atoms with Crippen LogP contribution in [0.1, 0.15) is 32.6 Å². The van der Waals surface area contributed by atoms with Gasteiger partial charge in [0.05, 0.1) is 5.92 Å². The lowest BCUT2D eigenvalue weighted by atomic mass is 9.97. The molecule has 5 nitrogen and oxygen atoms in total. The number of carbonyl (C=O) groups excluding carboxylic acids is 1. The molecule has 0 spiro atoms. The van der Waals surface area contributed by atoms with E-state index < -0.39 is 0 Å². The second-order valence-corrected chi connectivity index (χ2v) is 6.71. The third-order valence-corrected chi connectivity index (χ3v) is 4.72. The third kappa shape index (κ3) is 4.56. The van der Waals surface area contributed by atoms with Gasteiger partial charge in [-0.15, -0.1) is 0 Å². The van der Waals surface area contributed by atoms with E-state index in [0.717, 1.165) is 49.9 Å². The van der Waals surface area contributed by atoms with Gasteiger partial charge in [-0.25, -0.2) is 14.4 Å². The summed E-state index contributed by atoms with van der Waals surface area (Å²) in [4.78, 5) is 23.3. The van der Waals surface area contributed by atoms with E-state index in [1.54, 1.807) is 24.5 Å². The molecule has 2 heterocycles. The number of benzene rings is 1. The highest BCUT2D eigenvalue weighted by atomic mass is 19.1. The van der Waals surface area contributed by atoms with Crippen molar-refractivity contribution < 1.29 is 9.18 Å². The minimum atomic E-state index is -0.261. The summed E-state index contributed by atoms with van der Waals surface area (Å²) in [5.74, 6) is 0.497. The fourth-order valence-corrected chi connectivity index (χ4v) is 3.18. The maximum atomic E-state index is 13.0. The lowest BCUT2D eigenvalue weighted by Crippen LogP contribution is -2.43. The van der Waals surface area contributed by atoms with Crippen molar-refractivity contribution in [2.45, 2.75) is 32.6 Å². The Bertz CT molecular complexity index is 718. The van der Waals surface area contributed by atoms with Crippen LogP contribution in [0.4, 0.5) is 10.3 Å². The van der Waals surface area contributed by atoms with Crippen molar-refractivity contribution in [3.8, 4) is 11.1 Å². The van der Waals surface area contributed by atoms with E-state index >= 15 is 0 Å². The number of halogens is 1. The van der Waals surface area contributed by atoms with Crippen LogP contribution in [-0.2, 0) is 4.79 Å². The summed E-state index contributed by atoms with van der Waals surface area (Å²) in [5.41, 5.74) is 1.73. The van der Waals surface area contributed by atoms with Crippen molar-refractivity contribution in [2.24, 2.45) is 5.92 Å². The molecule has 138 valence electrons. The molecule has 0 bridgehead atoms. The quantitative estimate of drug-likeness (QED) is 0.806. The lowest BCUT2D eigenvalue weighted by molar-refractivity contribution is -0.125. The van der Waals surface area contributed by atoms with Gasteiger partial charge in [-0.3, -0.25) is 4.79 Å². The van der Waals surface area contributed by atoms with Crippen molar-refractivity contribution in [3.05, 3.63) is 42.5 Å². The average molecular weight is 356 g/mol. The Labute approximate surface area is 153 Å². The minimum Gasteiger partial charge on any atom is -0.356 e. The number of piperidine rings is 1. The van der Waals surface area contributed by atoms with E-state index in [1.165, 1.54) is 12.1 Å². The Morgan fingerprint density at radius 1 is 1.23 bits per heavy atom. The first-order valence-electron chi connectivity index (χ1n) is 9.28. The van der Waals surface area contributed by atoms with Gasteiger partial charge >= 0.3 is 0 Å². The van der Waals surface area contributed by atoms with Crippen molar-refractivity contribution in [3.63, 3.8) is 0 Å². The number of carbonyl (C=O) groups is 1. The first kappa shape index (κ1) is 18.3. The van der Waals surface area contributed by atoms with Gasteiger partial charge < -0.3 is 10.2 Å². The summed E-state index contributed by atoms with van der Waals surface area (Å²) in [6.45, 7) is 4.36. The third-order valence-electron chi connectivity index (χ3n) is 4.72. The van der Waals surface area contributed by atoms with E-state index in [0.29, 0.717) is 12.5 Å². The molecule has 2 aromatic rings. The molecule has 1 aromatic heterocycles. The van der Waals surface area contributed by atoms with Crippen molar-refractivity contribution in [2.75, 3.05) is 24.5 Å². The van der Waals surface area contributed by atoms with Gasteiger partial charge in [0.25, 0.3) is 0 Å². The average Bonchev–Trinajstić information content (AvgIpc) is 2.69. The summed E-state index contributed by atoms with van der Waals surface area (Å²) in [5, 5.41) is 3.02. The molecule has 1 aromatic carbocycles. The Balaban J connectivity index is 1.63. The highest BCUT2D eigenvalue weighted by Gasteiger charge is 2.26. The molecule has 1 aliphatic rings. The SMILES string of the molecule is CCCCNC(=O)[C@@H]1CCCN(c2ncc(-c3ccc(F)cc3)cn2)C1. The zero-order valence-electron chi connectivity index (χ0n) is 15.1. The number of rotatable bonds is 6.